The zero-order valence-electron chi connectivity index (χ0n) is 11.8. The first-order valence-electron chi connectivity index (χ1n) is 6.66. The number of benzene rings is 2. The lowest BCUT2D eigenvalue weighted by Crippen LogP contribution is -2.32. The molecule has 0 aromatic heterocycles. The van der Waals surface area contributed by atoms with Gasteiger partial charge >= 0.3 is 0 Å². The lowest BCUT2D eigenvalue weighted by molar-refractivity contribution is 0.100. The number of carbonyl (C=O) groups excluding carboxylic acids is 1. The van der Waals surface area contributed by atoms with Crippen LogP contribution in [-0.2, 0) is 0 Å². The van der Waals surface area contributed by atoms with Gasteiger partial charge in [0.25, 0.3) is 0 Å². The van der Waals surface area contributed by atoms with Gasteiger partial charge in [-0.05, 0) is 12.1 Å². The number of nitrogens with two attached hydrogens (primary N) is 1. The summed E-state index contributed by atoms with van der Waals surface area (Å²) < 4.78 is 0. The summed E-state index contributed by atoms with van der Waals surface area (Å²) in [5, 5.41) is 16.1. The number of nitrogens with zero attached hydrogens (tertiary/aromatic N) is 2. The quantitative estimate of drug-likeness (QED) is 0.739. The molecule has 1 aliphatic rings. The molecule has 6 nitrogen and oxygen atoms in total. The molecule has 0 saturated carbocycles. The fraction of sp³-hybridized carbons (Fsp3) is 0.0667. The molecule has 0 saturated heterocycles. The molecular weight excluding hydrogens is 339 g/mol. The van der Waals surface area contributed by atoms with Crippen molar-refractivity contribution >= 4 is 46.2 Å². The normalized spacial score (nSPS) is 13.2. The number of hydrogen-bond acceptors (Lipinski definition) is 6. The highest BCUT2D eigenvalue weighted by Gasteiger charge is 2.23. The van der Waals surface area contributed by atoms with Crippen LogP contribution in [0.25, 0.3) is 0 Å². The first kappa shape index (κ1) is 15.8. The van der Waals surface area contributed by atoms with E-state index in [9.17, 15) is 10.0 Å². The van der Waals surface area contributed by atoms with Crippen LogP contribution in [0.15, 0.2) is 41.5 Å². The average Bonchev–Trinajstić information content (AvgIpc) is 2.56. The van der Waals surface area contributed by atoms with Crippen molar-refractivity contribution in [2.24, 2.45) is 10.8 Å². The van der Waals surface area contributed by atoms with E-state index in [0.29, 0.717) is 32.5 Å². The lowest BCUT2D eigenvalue weighted by Gasteiger charge is -2.26. The molecule has 4 N–H and O–H groups in total. The van der Waals surface area contributed by atoms with E-state index in [4.69, 9.17) is 28.9 Å². The first-order chi connectivity index (χ1) is 11.0. The van der Waals surface area contributed by atoms with E-state index in [1.807, 2.05) is 0 Å². The van der Waals surface area contributed by atoms with Crippen molar-refractivity contribution < 1.29 is 10.0 Å². The van der Waals surface area contributed by atoms with Crippen LogP contribution in [-0.4, -0.2) is 23.4 Å². The van der Waals surface area contributed by atoms with Crippen molar-refractivity contribution in [2.75, 3.05) is 17.0 Å². The number of hydrogen-bond donors (Lipinski definition) is 3. The van der Waals surface area contributed by atoms with Crippen LogP contribution in [0.4, 0.5) is 11.4 Å². The van der Waals surface area contributed by atoms with Gasteiger partial charge in [0.2, 0.25) is 0 Å². The number of halogens is 2. The Morgan fingerprint density at radius 1 is 1.22 bits per heavy atom. The summed E-state index contributed by atoms with van der Waals surface area (Å²) >= 11 is 11.9. The number of nitrogens with one attached hydrogen (secondary N) is 1. The molecule has 0 radical (unpaired) electrons. The molecule has 0 fully saturated rings. The van der Waals surface area contributed by atoms with Gasteiger partial charge < -0.3 is 5.73 Å². The largest absolute Gasteiger partial charge is 0.324 e. The van der Waals surface area contributed by atoms with E-state index < -0.39 is 0 Å². The van der Waals surface area contributed by atoms with E-state index in [-0.39, 0.29) is 18.2 Å². The smallest absolute Gasteiger partial charge is 0.184 e. The van der Waals surface area contributed by atoms with Gasteiger partial charge in [-0.2, -0.15) is 5.10 Å². The van der Waals surface area contributed by atoms with E-state index in [2.05, 4.69) is 10.5 Å². The molecule has 0 unspecified atom stereocenters. The highest BCUT2D eigenvalue weighted by Crippen LogP contribution is 2.37. The molecule has 0 spiro atoms. The molecule has 2 aromatic rings. The topological polar surface area (TPSA) is 91.0 Å². The minimum atomic E-state index is -0.159. The standard InChI is InChI=1S/C15H12Cl2N4O2/c16-10-5-12-13(6-11(10)17)21(23)15(20-19-12)9-3-1-8(2-4-9)14(22)7-18/h1-6,19,23H,7,18H2. The summed E-state index contributed by atoms with van der Waals surface area (Å²) in [5.74, 6) is 0.107. The number of Topliss-reactive ketones (excluding diaryl/α,β-unsaturated/α-hetero) is 1. The molecule has 23 heavy (non-hydrogen) atoms. The molecule has 2 aromatic carbocycles. The molecule has 0 aliphatic carbocycles. The minimum absolute atomic E-state index is 0.0550. The van der Waals surface area contributed by atoms with E-state index in [0.717, 1.165) is 5.06 Å². The average molecular weight is 351 g/mol. The van der Waals surface area contributed by atoms with Gasteiger partial charge in [0.1, 0.15) is 0 Å². The summed E-state index contributed by atoms with van der Waals surface area (Å²) in [5.41, 5.74) is 10.2. The number of fused-ring (bicyclic) bond motifs is 1. The monoisotopic (exact) mass is 350 g/mol. The Morgan fingerprint density at radius 2 is 1.87 bits per heavy atom. The Labute approximate surface area is 142 Å². The number of carbonyl (C=O) groups is 1. The van der Waals surface area contributed by atoms with Crippen LogP contribution in [0.3, 0.4) is 0 Å². The zero-order chi connectivity index (χ0) is 16.6. The Hall–Kier alpha value is -2.12. The van der Waals surface area contributed by atoms with Crippen LogP contribution in [0.2, 0.25) is 10.0 Å². The maximum atomic E-state index is 11.5. The second-order valence-electron chi connectivity index (χ2n) is 4.85. The Morgan fingerprint density at radius 3 is 2.52 bits per heavy atom. The lowest BCUT2D eigenvalue weighted by atomic mass is 10.1. The Kier molecular flexibility index (Phi) is 4.23. The van der Waals surface area contributed by atoms with Crippen LogP contribution in [0.1, 0.15) is 15.9 Å². The fourth-order valence-electron chi connectivity index (χ4n) is 2.19. The predicted octanol–water partition coefficient (Wildman–Crippen LogP) is 3.12. The first-order valence-corrected chi connectivity index (χ1v) is 7.42. The van der Waals surface area contributed by atoms with Gasteiger partial charge in [0, 0.05) is 11.1 Å². The third kappa shape index (κ3) is 2.89. The molecule has 1 heterocycles. The second kappa shape index (κ2) is 6.17. The Balaban J connectivity index is 1.94. The summed E-state index contributed by atoms with van der Waals surface area (Å²) in [6.07, 6.45) is 0. The maximum Gasteiger partial charge on any atom is 0.184 e. The van der Waals surface area contributed by atoms with Crippen molar-refractivity contribution in [1.29, 1.82) is 0 Å². The molecule has 3 rings (SSSR count). The van der Waals surface area contributed by atoms with Gasteiger partial charge in [-0.3, -0.25) is 15.4 Å². The number of hydroxylamine groups is 1. The molecule has 8 heteroatoms. The highest BCUT2D eigenvalue weighted by molar-refractivity contribution is 6.42. The fourth-order valence-corrected chi connectivity index (χ4v) is 2.51. The van der Waals surface area contributed by atoms with E-state index >= 15 is 0 Å². The molecule has 0 bridgehead atoms. The number of anilines is 2. The summed E-state index contributed by atoms with van der Waals surface area (Å²) in [6.45, 7) is -0.0550. The summed E-state index contributed by atoms with van der Waals surface area (Å²) in [6, 6.07) is 9.72. The van der Waals surface area contributed by atoms with E-state index in [1.165, 1.54) is 6.07 Å². The van der Waals surface area contributed by atoms with Gasteiger partial charge in [0.15, 0.2) is 11.6 Å². The second-order valence-corrected chi connectivity index (χ2v) is 5.66. The van der Waals surface area contributed by atoms with E-state index in [1.54, 1.807) is 30.3 Å². The van der Waals surface area contributed by atoms with Gasteiger partial charge in [-0.25, -0.2) is 5.06 Å². The number of ketones is 1. The molecule has 0 amide bonds. The minimum Gasteiger partial charge on any atom is -0.324 e. The van der Waals surface area contributed by atoms with Gasteiger partial charge in [0.05, 0.1) is 28.0 Å². The van der Waals surface area contributed by atoms with Crippen molar-refractivity contribution in [2.45, 2.75) is 0 Å². The SMILES string of the molecule is NCC(=O)c1ccc(C2=NNc3cc(Cl)c(Cl)cc3N2O)cc1. The summed E-state index contributed by atoms with van der Waals surface area (Å²) in [4.78, 5) is 11.5. The molecule has 1 aliphatic heterocycles. The molecular formula is C15H12Cl2N4O2. The van der Waals surface area contributed by atoms with Gasteiger partial charge in [-0.15, -0.1) is 0 Å². The van der Waals surface area contributed by atoms with Crippen molar-refractivity contribution in [1.82, 2.24) is 0 Å². The third-order valence-corrected chi connectivity index (χ3v) is 4.12. The predicted molar refractivity (Wildman–Crippen MR) is 90.7 cm³/mol. The van der Waals surface area contributed by atoms with Crippen molar-refractivity contribution in [3.05, 3.63) is 57.6 Å². The molecule has 0 atom stereocenters. The highest BCUT2D eigenvalue weighted by atomic mass is 35.5. The maximum absolute atomic E-state index is 11.5. The van der Waals surface area contributed by atoms with Crippen molar-refractivity contribution in [3.63, 3.8) is 0 Å². The molecule has 118 valence electrons. The number of amidine groups is 1. The Bertz CT molecular complexity index is 806. The summed E-state index contributed by atoms with van der Waals surface area (Å²) in [7, 11) is 0. The zero-order valence-corrected chi connectivity index (χ0v) is 13.3. The number of hydrazone groups is 1. The van der Waals surface area contributed by atoms with Gasteiger partial charge in [-0.1, -0.05) is 47.5 Å². The van der Waals surface area contributed by atoms with Crippen LogP contribution in [0.5, 0.6) is 0 Å². The number of rotatable bonds is 3. The third-order valence-electron chi connectivity index (χ3n) is 3.40. The van der Waals surface area contributed by atoms with Crippen LogP contribution >= 0.6 is 23.2 Å². The van der Waals surface area contributed by atoms with Crippen LogP contribution < -0.4 is 16.2 Å². The van der Waals surface area contributed by atoms with Crippen molar-refractivity contribution in [3.8, 4) is 0 Å². The van der Waals surface area contributed by atoms with Crippen LogP contribution in [0, 0.1) is 0 Å².